The molecule has 0 amide bonds. The largest absolute Gasteiger partial charge is 0.345 e. The number of benzene rings is 1. The van der Waals surface area contributed by atoms with E-state index in [2.05, 4.69) is 15.3 Å². The van der Waals surface area contributed by atoms with Crippen molar-refractivity contribution < 1.29 is 8.78 Å². The molecule has 6 heteroatoms. The number of rotatable bonds is 3. The van der Waals surface area contributed by atoms with E-state index in [1.807, 2.05) is 0 Å². The van der Waals surface area contributed by atoms with E-state index in [0.29, 0.717) is 24.1 Å². The van der Waals surface area contributed by atoms with Crippen LogP contribution in [-0.2, 0) is 5.92 Å². The van der Waals surface area contributed by atoms with Crippen LogP contribution in [0.25, 0.3) is 11.0 Å². The molecule has 0 unspecified atom stereocenters. The topological polar surface area (TPSA) is 44.0 Å². The Morgan fingerprint density at radius 1 is 1.26 bits per heavy atom. The summed E-state index contributed by atoms with van der Waals surface area (Å²) >= 11 is 0. The van der Waals surface area contributed by atoms with Gasteiger partial charge >= 0.3 is 0 Å². The lowest BCUT2D eigenvalue weighted by atomic mass is 10.1. The molecule has 1 fully saturated rings. The first-order valence-electron chi connectivity index (χ1n) is 6.40. The first kappa shape index (κ1) is 12.5. The lowest BCUT2D eigenvalue weighted by Crippen LogP contribution is -2.47. The van der Waals surface area contributed by atoms with Gasteiger partial charge in [0.2, 0.25) is 0 Å². The first-order chi connectivity index (χ1) is 9.15. The molecule has 0 atom stereocenters. The summed E-state index contributed by atoms with van der Waals surface area (Å²) in [6.07, 6.45) is 1.52. The van der Waals surface area contributed by atoms with Gasteiger partial charge in [-0.3, -0.25) is 4.90 Å². The SMILES string of the molecule is FC(F)(CN1CCNCC1)c1ccc2nc[nH]c2c1. The zero-order valence-corrected chi connectivity index (χ0v) is 10.5. The molecule has 0 saturated carbocycles. The van der Waals surface area contributed by atoms with E-state index in [-0.39, 0.29) is 12.1 Å². The smallest absolute Gasteiger partial charge is 0.285 e. The highest BCUT2D eigenvalue weighted by molar-refractivity contribution is 5.75. The second-order valence-electron chi connectivity index (χ2n) is 4.87. The molecule has 0 bridgehead atoms. The van der Waals surface area contributed by atoms with E-state index >= 15 is 0 Å². The van der Waals surface area contributed by atoms with Crippen molar-refractivity contribution in [3.8, 4) is 0 Å². The van der Waals surface area contributed by atoms with E-state index in [9.17, 15) is 8.78 Å². The van der Waals surface area contributed by atoms with Gasteiger partial charge in [0.1, 0.15) is 0 Å². The van der Waals surface area contributed by atoms with E-state index in [0.717, 1.165) is 13.1 Å². The quantitative estimate of drug-likeness (QED) is 0.886. The van der Waals surface area contributed by atoms with Gasteiger partial charge in [-0.25, -0.2) is 4.98 Å². The van der Waals surface area contributed by atoms with Crippen molar-refractivity contribution in [2.24, 2.45) is 0 Å². The van der Waals surface area contributed by atoms with Crippen LogP contribution in [0.1, 0.15) is 5.56 Å². The second kappa shape index (κ2) is 4.86. The van der Waals surface area contributed by atoms with Gasteiger partial charge in [-0.15, -0.1) is 0 Å². The Bertz CT molecular complexity index is 561. The fraction of sp³-hybridized carbons (Fsp3) is 0.462. The van der Waals surface area contributed by atoms with Crippen LogP contribution in [0, 0.1) is 0 Å². The number of fused-ring (bicyclic) bond motifs is 1. The summed E-state index contributed by atoms with van der Waals surface area (Å²) in [4.78, 5) is 8.71. The molecule has 19 heavy (non-hydrogen) atoms. The number of nitrogens with zero attached hydrogens (tertiary/aromatic N) is 2. The highest BCUT2D eigenvalue weighted by atomic mass is 19.3. The number of alkyl halides is 2. The van der Waals surface area contributed by atoms with E-state index in [4.69, 9.17) is 0 Å². The van der Waals surface area contributed by atoms with Gasteiger partial charge in [0, 0.05) is 31.7 Å². The van der Waals surface area contributed by atoms with Crippen molar-refractivity contribution in [1.29, 1.82) is 0 Å². The summed E-state index contributed by atoms with van der Waals surface area (Å²) < 4.78 is 28.6. The number of halogens is 2. The molecule has 1 saturated heterocycles. The minimum Gasteiger partial charge on any atom is -0.345 e. The van der Waals surface area contributed by atoms with E-state index in [1.54, 1.807) is 11.0 Å². The van der Waals surface area contributed by atoms with Crippen LogP contribution in [0.5, 0.6) is 0 Å². The number of imidazole rings is 1. The van der Waals surface area contributed by atoms with Crippen LogP contribution in [0.3, 0.4) is 0 Å². The number of piperazine rings is 1. The van der Waals surface area contributed by atoms with Gasteiger partial charge in [0.15, 0.2) is 0 Å². The van der Waals surface area contributed by atoms with Crippen LogP contribution in [0.15, 0.2) is 24.5 Å². The normalized spacial score (nSPS) is 18.0. The van der Waals surface area contributed by atoms with Crippen LogP contribution < -0.4 is 5.32 Å². The minimum atomic E-state index is -2.84. The van der Waals surface area contributed by atoms with Gasteiger partial charge in [-0.05, 0) is 12.1 Å². The van der Waals surface area contributed by atoms with Crippen LogP contribution >= 0.6 is 0 Å². The third kappa shape index (κ3) is 2.59. The summed E-state index contributed by atoms with van der Waals surface area (Å²) in [6, 6.07) is 4.59. The maximum absolute atomic E-state index is 14.3. The maximum atomic E-state index is 14.3. The van der Waals surface area contributed by atoms with Gasteiger partial charge < -0.3 is 10.3 Å². The Morgan fingerprint density at radius 2 is 2.05 bits per heavy atom. The Kier molecular flexibility index (Phi) is 3.20. The van der Waals surface area contributed by atoms with Crippen LogP contribution in [0.4, 0.5) is 8.78 Å². The average Bonchev–Trinajstić information content (AvgIpc) is 2.86. The number of hydrogen-bond donors (Lipinski definition) is 2. The molecule has 1 aromatic carbocycles. The van der Waals surface area contributed by atoms with Gasteiger partial charge in [-0.1, -0.05) is 6.07 Å². The van der Waals surface area contributed by atoms with Crippen LogP contribution in [-0.4, -0.2) is 47.6 Å². The standard InChI is InChI=1S/C13H16F2N4/c14-13(15,8-19-5-3-16-4-6-19)10-1-2-11-12(7-10)18-9-17-11/h1-2,7,9,16H,3-6,8H2,(H,17,18). The molecule has 2 aromatic rings. The zero-order chi connectivity index (χ0) is 13.3. The fourth-order valence-corrected chi connectivity index (χ4v) is 2.40. The highest BCUT2D eigenvalue weighted by Crippen LogP contribution is 2.30. The second-order valence-corrected chi connectivity index (χ2v) is 4.87. The molecule has 1 aliphatic rings. The van der Waals surface area contributed by atoms with Gasteiger partial charge in [0.05, 0.1) is 23.9 Å². The Labute approximate surface area is 109 Å². The minimum absolute atomic E-state index is 0.0442. The average molecular weight is 266 g/mol. The number of H-pyrrole nitrogens is 1. The number of nitrogens with one attached hydrogen (secondary N) is 2. The van der Waals surface area contributed by atoms with Crippen LogP contribution in [0.2, 0.25) is 0 Å². The van der Waals surface area contributed by atoms with Crippen molar-refractivity contribution in [3.05, 3.63) is 30.1 Å². The van der Waals surface area contributed by atoms with Crippen molar-refractivity contribution >= 4 is 11.0 Å². The summed E-state index contributed by atoms with van der Waals surface area (Å²) in [7, 11) is 0. The summed E-state index contributed by atoms with van der Waals surface area (Å²) in [6.45, 7) is 2.66. The lowest BCUT2D eigenvalue weighted by Gasteiger charge is -2.30. The molecule has 3 rings (SSSR count). The number of aromatic nitrogens is 2. The Morgan fingerprint density at radius 3 is 2.84 bits per heavy atom. The molecule has 4 nitrogen and oxygen atoms in total. The molecule has 1 aliphatic heterocycles. The predicted molar refractivity (Wildman–Crippen MR) is 69.3 cm³/mol. The van der Waals surface area contributed by atoms with Gasteiger partial charge in [-0.2, -0.15) is 8.78 Å². The van der Waals surface area contributed by atoms with E-state index < -0.39 is 5.92 Å². The monoisotopic (exact) mass is 266 g/mol. The van der Waals surface area contributed by atoms with Gasteiger partial charge in [0.25, 0.3) is 5.92 Å². The Balaban J connectivity index is 1.81. The molecule has 2 heterocycles. The molecular weight excluding hydrogens is 250 g/mol. The summed E-state index contributed by atoms with van der Waals surface area (Å²) in [5.41, 5.74) is 1.40. The molecular formula is C13H16F2N4. The van der Waals surface area contributed by atoms with Crippen molar-refractivity contribution in [3.63, 3.8) is 0 Å². The maximum Gasteiger partial charge on any atom is 0.285 e. The zero-order valence-electron chi connectivity index (χ0n) is 10.5. The molecule has 0 aliphatic carbocycles. The molecule has 1 aromatic heterocycles. The van der Waals surface area contributed by atoms with Crippen molar-refractivity contribution in [1.82, 2.24) is 20.2 Å². The highest BCUT2D eigenvalue weighted by Gasteiger charge is 2.34. The fourth-order valence-electron chi connectivity index (χ4n) is 2.40. The van der Waals surface area contributed by atoms with E-state index in [1.165, 1.54) is 18.5 Å². The predicted octanol–water partition coefficient (Wildman–Crippen LogP) is 1.56. The third-order valence-electron chi connectivity index (χ3n) is 3.47. The lowest BCUT2D eigenvalue weighted by molar-refractivity contribution is -0.0399. The number of aromatic amines is 1. The molecule has 2 N–H and O–H groups in total. The van der Waals surface area contributed by atoms with Crippen molar-refractivity contribution in [2.45, 2.75) is 5.92 Å². The van der Waals surface area contributed by atoms with Crippen molar-refractivity contribution in [2.75, 3.05) is 32.7 Å². The summed E-state index contributed by atoms with van der Waals surface area (Å²) in [5.74, 6) is -2.84. The first-order valence-corrected chi connectivity index (χ1v) is 6.40. The number of hydrogen-bond acceptors (Lipinski definition) is 3. The summed E-state index contributed by atoms with van der Waals surface area (Å²) in [5, 5.41) is 3.16. The molecule has 102 valence electrons. The molecule has 0 spiro atoms. The molecule has 0 radical (unpaired) electrons. The Hall–Kier alpha value is -1.53. The third-order valence-corrected chi connectivity index (χ3v) is 3.47.